The highest BCUT2D eigenvalue weighted by atomic mass is 16.5. The standard InChI is InChI=1S/C18H23NO3/c1-19-9-8-18-7-6-13(20-2)10-15(18)22-17-14(21-3)5-4-12(11-19)16(17)18/h4-7,13,15H,8-11H2,1-3H3/t13?,15?,18-/m0/s1. The molecule has 0 fully saturated rings. The number of methoxy groups -OCH3 is 2. The first-order chi connectivity index (χ1) is 10.7. The first-order valence-electron chi connectivity index (χ1n) is 7.95. The van der Waals surface area contributed by atoms with Crippen LogP contribution in [0.3, 0.4) is 0 Å². The van der Waals surface area contributed by atoms with Crippen molar-refractivity contribution in [1.82, 2.24) is 4.90 Å². The van der Waals surface area contributed by atoms with Gasteiger partial charge < -0.3 is 19.1 Å². The number of benzene rings is 1. The number of nitrogens with zero attached hydrogens (tertiary/aromatic N) is 1. The first-order valence-corrected chi connectivity index (χ1v) is 7.95. The minimum absolute atomic E-state index is 0.0288. The second-order valence-electron chi connectivity index (χ2n) is 6.63. The molecule has 1 spiro atoms. The summed E-state index contributed by atoms with van der Waals surface area (Å²) in [7, 11) is 5.67. The van der Waals surface area contributed by atoms with Crippen molar-refractivity contribution in [3.05, 3.63) is 35.4 Å². The molecule has 0 radical (unpaired) electrons. The van der Waals surface area contributed by atoms with Gasteiger partial charge in [-0.05, 0) is 31.6 Å². The van der Waals surface area contributed by atoms with Crippen molar-refractivity contribution in [3.8, 4) is 11.5 Å². The van der Waals surface area contributed by atoms with Crippen LogP contribution < -0.4 is 9.47 Å². The van der Waals surface area contributed by atoms with E-state index in [2.05, 4.69) is 30.2 Å². The molecule has 1 aliphatic carbocycles. The Hall–Kier alpha value is -1.52. The molecule has 1 aromatic carbocycles. The van der Waals surface area contributed by atoms with Gasteiger partial charge in [0.05, 0.1) is 18.6 Å². The van der Waals surface area contributed by atoms with Crippen molar-refractivity contribution in [1.29, 1.82) is 0 Å². The fourth-order valence-corrected chi connectivity index (χ4v) is 4.24. The quantitative estimate of drug-likeness (QED) is 0.785. The molecule has 3 atom stereocenters. The lowest BCUT2D eigenvalue weighted by Crippen LogP contribution is -2.43. The number of hydrogen-bond acceptors (Lipinski definition) is 4. The molecule has 4 rings (SSSR count). The maximum Gasteiger partial charge on any atom is 0.166 e. The molecule has 4 nitrogen and oxygen atoms in total. The predicted octanol–water partition coefficient (Wildman–Crippen LogP) is 2.50. The average Bonchev–Trinajstić information content (AvgIpc) is 2.80. The van der Waals surface area contributed by atoms with E-state index < -0.39 is 0 Å². The minimum atomic E-state index is -0.0288. The molecule has 1 aromatic rings. The first kappa shape index (κ1) is 14.1. The third-order valence-corrected chi connectivity index (χ3v) is 5.43. The molecular formula is C18H23NO3. The van der Waals surface area contributed by atoms with E-state index >= 15 is 0 Å². The lowest BCUT2D eigenvalue weighted by Gasteiger charge is -2.36. The topological polar surface area (TPSA) is 30.9 Å². The van der Waals surface area contributed by atoms with Crippen LogP contribution in [0.25, 0.3) is 0 Å². The molecule has 2 heterocycles. The van der Waals surface area contributed by atoms with Crippen molar-refractivity contribution in [2.24, 2.45) is 0 Å². The Kier molecular flexibility index (Phi) is 3.20. The van der Waals surface area contributed by atoms with E-state index in [4.69, 9.17) is 14.2 Å². The average molecular weight is 301 g/mol. The molecule has 0 amide bonds. The van der Waals surface area contributed by atoms with Gasteiger partial charge in [-0.2, -0.15) is 0 Å². The van der Waals surface area contributed by atoms with Crippen molar-refractivity contribution in [2.45, 2.75) is 37.0 Å². The van der Waals surface area contributed by atoms with Gasteiger partial charge in [0, 0.05) is 25.6 Å². The summed E-state index contributed by atoms with van der Waals surface area (Å²) in [5.41, 5.74) is 2.67. The van der Waals surface area contributed by atoms with Crippen molar-refractivity contribution < 1.29 is 14.2 Å². The molecule has 4 heteroatoms. The van der Waals surface area contributed by atoms with Gasteiger partial charge in [-0.25, -0.2) is 0 Å². The molecule has 0 saturated heterocycles. The van der Waals surface area contributed by atoms with E-state index in [0.717, 1.165) is 37.4 Å². The van der Waals surface area contributed by atoms with E-state index in [1.165, 1.54) is 11.1 Å². The van der Waals surface area contributed by atoms with Crippen LogP contribution in [0.2, 0.25) is 0 Å². The Morgan fingerprint density at radius 1 is 1.32 bits per heavy atom. The van der Waals surface area contributed by atoms with Gasteiger partial charge in [0.2, 0.25) is 0 Å². The third-order valence-electron chi connectivity index (χ3n) is 5.43. The van der Waals surface area contributed by atoms with Gasteiger partial charge in [0.15, 0.2) is 11.5 Å². The van der Waals surface area contributed by atoms with Crippen LogP contribution in [-0.2, 0) is 16.7 Å². The molecule has 0 bridgehead atoms. The fraction of sp³-hybridized carbons (Fsp3) is 0.556. The molecule has 118 valence electrons. The van der Waals surface area contributed by atoms with Crippen LogP contribution in [0.4, 0.5) is 0 Å². The molecule has 2 unspecified atom stereocenters. The van der Waals surface area contributed by atoms with Gasteiger partial charge in [0.1, 0.15) is 6.10 Å². The molecule has 0 aromatic heterocycles. The van der Waals surface area contributed by atoms with Gasteiger partial charge in [-0.15, -0.1) is 0 Å². The van der Waals surface area contributed by atoms with Crippen LogP contribution in [0.5, 0.6) is 11.5 Å². The lowest BCUT2D eigenvalue weighted by molar-refractivity contribution is 0.0551. The number of ether oxygens (including phenoxy) is 3. The molecule has 22 heavy (non-hydrogen) atoms. The maximum absolute atomic E-state index is 6.40. The van der Waals surface area contributed by atoms with E-state index in [9.17, 15) is 0 Å². The highest BCUT2D eigenvalue weighted by molar-refractivity contribution is 5.60. The fourth-order valence-electron chi connectivity index (χ4n) is 4.24. The number of hydrogen-bond donors (Lipinski definition) is 0. The van der Waals surface area contributed by atoms with Gasteiger partial charge >= 0.3 is 0 Å². The summed E-state index contributed by atoms with van der Waals surface area (Å²) in [6.45, 7) is 2.03. The summed E-state index contributed by atoms with van der Waals surface area (Å²) < 4.78 is 17.5. The minimum Gasteiger partial charge on any atom is -0.493 e. The normalized spacial score (nSPS) is 32.9. The van der Waals surface area contributed by atoms with E-state index in [-0.39, 0.29) is 17.6 Å². The van der Waals surface area contributed by atoms with E-state index in [1.807, 2.05) is 6.07 Å². The second-order valence-corrected chi connectivity index (χ2v) is 6.63. The molecule has 0 N–H and O–H groups in total. The third kappa shape index (κ3) is 1.83. The van der Waals surface area contributed by atoms with E-state index in [0.29, 0.717) is 0 Å². The smallest absolute Gasteiger partial charge is 0.166 e. The van der Waals surface area contributed by atoms with Crippen molar-refractivity contribution in [3.63, 3.8) is 0 Å². The highest BCUT2D eigenvalue weighted by Gasteiger charge is 2.52. The zero-order valence-corrected chi connectivity index (χ0v) is 13.5. The van der Waals surface area contributed by atoms with Gasteiger partial charge in [0.25, 0.3) is 0 Å². The summed E-state index contributed by atoms with van der Waals surface area (Å²) >= 11 is 0. The summed E-state index contributed by atoms with van der Waals surface area (Å²) in [5, 5.41) is 0. The SMILES string of the molecule is COc1ccc2c3c1OC1CC(OC)C=C[C@@]31CCN(C)C2. The number of rotatable bonds is 2. The molecule has 2 aliphatic heterocycles. The summed E-state index contributed by atoms with van der Waals surface area (Å²) in [5.74, 6) is 1.79. The van der Waals surface area contributed by atoms with Crippen LogP contribution in [0, 0.1) is 0 Å². The predicted molar refractivity (Wildman–Crippen MR) is 84.6 cm³/mol. The lowest BCUT2D eigenvalue weighted by atomic mass is 9.69. The largest absolute Gasteiger partial charge is 0.493 e. The molecular weight excluding hydrogens is 278 g/mol. The van der Waals surface area contributed by atoms with Crippen LogP contribution in [-0.4, -0.2) is 44.9 Å². The Bertz CT molecular complexity index is 627. The van der Waals surface area contributed by atoms with Crippen LogP contribution in [0.15, 0.2) is 24.3 Å². The van der Waals surface area contributed by atoms with Crippen molar-refractivity contribution in [2.75, 3.05) is 27.8 Å². The van der Waals surface area contributed by atoms with Crippen molar-refractivity contribution >= 4 is 0 Å². The zero-order valence-electron chi connectivity index (χ0n) is 13.5. The van der Waals surface area contributed by atoms with Crippen LogP contribution >= 0.6 is 0 Å². The molecule has 3 aliphatic rings. The van der Waals surface area contributed by atoms with Crippen LogP contribution in [0.1, 0.15) is 24.0 Å². The summed E-state index contributed by atoms with van der Waals surface area (Å²) in [6.07, 6.45) is 6.80. The molecule has 0 saturated carbocycles. The summed E-state index contributed by atoms with van der Waals surface area (Å²) in [6, 6.07) is 4.24. The Morgan fingerprint density at radius 3 is 2.95 bits per heavy atom. The maximum atomic E-state index is 6.40. The van der Waals surface area contributed by atoms with E-state index in [1.54, 1.807) is 14.2 Å². The highest BCUT2D eigenvalue weighted by Crippen LogP contribution is 2.55. The van der Waals surface area contributed by atoms with Gasteiger partial charge in [-0.1, -0.05) is 18.2 Å². The second kappa shape index (κ2) is 5.00. The Labute approximate surface area is 131 Å². The summed E-state index contributed by atoms with van der Waals surface area (Å²) in [4.78, 5) is 2.39. The zero-order chi connectivity index (χ0) is 15.3. The monoisotopic (exact) mass is 301 g/mol. The van der Waals surface area contributed by atoms with Gasteiger partial charge in [-0.3, -0.25) is 0 Å². The Morgan fingerprint density at radius 2 is 2.18 bits per heavy atom. The Balaban J connectivity index is 1.91.